The summed E-state index contributed by atoms with van der Waals surface area (Å²) in [5.41, 5.74) is 11.4. The Morgan fingerprint density at radius 3 is 2.53 bits per heavy atom. The zero-order valence-corrected chi connectivity index (χ0v) is 9.54. The molecule has 0 spiro atoms. The molecule has 82 valence electrons. The fourth-order valence-corrected chi connectivity index (χ4v) is 3.01. The minimum Gasteiger partial charge on any atom is -0.384 e. The van der Waals surface area contributed by atoms with Gasteiger partial charge in [0.15, 0.2) is 0 Å². The normalized spacial score (nSPS) is 26.5. The number of nitrogen functional groups attached to an aromatic ring is 1. The Morgan fingerprint density at radius 1 is 1.20 bits per heavy atom. The lowest BCUT2D eigenvalue weighted by Crippen LogP contribution is -2.27. The van der Waals surface area contributed by atoms with Crippen molar-refractivity contribution in [1.82, 2.24) is 4.98 Å². The van der Waals surface area contributed by atoms with Crippen LogP contribution in [0.5, 0.6) is 0 Å². The van der Waals surface area contributed by atoms with Crippen LogP contribution in [0.1, 0.15) is 25.7 Å². The lowest BCUT2D eigenvalue weighted by Gasteiger charge is -2.25. The van der Waals surface area contributed by atoms with Crippen LogP contribution in [0, 0.1) is 0 Å². The van der Waals surface area contributed by atoms with Gasteiger partial charge in [0.2, 0.25) is 0 Å². The minimum atomic E-state index is 0.423. The van der Waals surface area contributed by atoms with Gasteiger partial charge in [-0.25, -0.2) is 4.98 Å². The average molecular weight is 223 g/mol. The first kappa shape index (κ1) is 10.8. The molecule has 1 aliphatic rings. The second-order valence-corrected chi connectivity index (χ2v) is 5.45. The summed E-state index contributed by atoms with van der Waals surface area (Å²) >= 11 is 1.90. The third-order valence-corrected chi connectivity index (χ3v) is 4.10. The van der Waals surface area contributed by atoms with Crippen molar-refractivity contribution in [1.29, 1.82) is 0 Å². The molecule has 1 aromatic rings. The largest absolute Gasteiger partial charge is 0.384 e. The highest BCUT2D eigenvalue weighted by molar-refractivity contribution is 8.00. The summed E-state index contributed by atoms with van der Waals surface area (Å²) in [6.07, 6.45) is 6.60. The van der Waals surface area contributed by atoms with Crippen molar-refractivity contribution in [3.05, 3.63) is 18.3 Å². The summed E-state index contributed by atoms with van der Waals surface area (Å²) in [5.74, 6) is 0.588. The third-order valence-electron chi connectivity index (χ3n) is 2.78. The van der Waals surface area contributed by atoms with Crippen LogP contribution in [-0.4, -0.2) is 16.3 Å². The summed E-state index contributed by atoms with van der Waals surface area (Å²) in [4.78, 5) is 5.30. The average Bonchev–Trinajstić information content (AvgIpc) is 2.25. The summed E-state index contributed by atoms with van der Waals surface area (Å²) < 4.78 is 0. The molecule has 4 heteroatoms. The van der Waals surface area contributed by atoms with E-state index < -0.39 is 0 Å². The van der Waals surface area contributed by atoms with Gasteiger partial charge in [-0.05, 0) is 37.8 Å². The van der Waals surface area contributed by atoms with E-state index in [1.807, 2.05) is 30.1 Å². The fraction of sp³-hybridized carbons (Fsp3) is 0.545. The van der Waals surface area contributed by atoms with Crippen LogP contribution in [-0.2, 0) is 0 Å². The van der Waals surface area contributed by atoms with Crippen LogP contribution in [0.15, 0.2) is 23.2 Å². The highest BCUT2D eigenvalue weighted by Crippen LogP contribution is 2.32. The molecule has 0 aromatic carbocycles. The quantitative estimate of drug-likeness (QED) is 0.805. The number of aromatic nitrogens is 1. The number of hydrogen-bond acceptors (Lipinski definition) is 4. The lowest BCUT2D eigenvalue weighted by molar-refractivity contribution is 0.451. The van der Waals surface area contributed by atoms with Crippen molar-refractivity contribution in [3.8, 4) is 0 Å². The van der Waals surface area contributed by atoms with Gasteiger partial charge in [-0.2, -0.15) is 0 Å². The Hall–Kier alpha value is -0.740. The number of thioether (sulfide) groups is 1. The molecule has 1 fully saturated rings. The Labute approximate surface area is 94.6 Å². The van der Waals surface area contributed by atoms with E-state index in [1.165, 1.54) is 17.7 Å². The van der Waals surface area contributed by atoms with Crippen molar-refractivity contribution in [2.75, 3.05) is 5.73 Å². The van der Waals surface area contributed by atoms with Gasteiger partial charge in [-0.1, -0.05) is 0 Å². The van der Waals surface area contributed by atoms with Crippen molar-refractivity contribution in [2.45, 2.75) is 41.9 Å². The zero-order chi connectivity index (χ0) is 10.7. The first-order valence-corrected chi connectivity index (χ1v) is 6.26. The van der Waals surface area contributed by atoms with Crippen molar-refractivity contribution >= 4 is 17.6 Å². The van der Waals surface area contributed by atoms with E-state index in [0.717, 1.165) is 12.8 Å². The number of rotatable bonds is 2. The second kappa shape index (κ2) is 4.86. The van der Waals surface area contributed by atoms with Crippen LogP contribution in [0.25, 0.3) is 0 Å². The van der Waals surface area contributed by atoms with E-state index in [0.29, 0.717) is 17.1 Å². The lowest BCUT2D eigenvalue weighted by atomic mass is 9.96. The molecule has 1 saturated carbocycles. The SMILES string of the molecule is Nc1ccc(SC2CCC(N)CC2)cn1. The summed E-state index contributed by atoms with van der Waals surface area (Å²) in [7, 11) is 0. The molecule has 0 atom stereocenters. The first-order valence-electron chi connectivity index (χ1n) is 5.38. The summed E-state index contributed by atoms with van der Waals surface area (Å²) in [6, 6.07) is 4.32. The monoisotopic (exact) mass is 223 g/mol. The predicted octanol–water partition coefficient (Wildman–Crippen LogP) is 2.03. The van der Waals surface area contributed by atoms with E-state index in [4.69, 9.17) is 11.5 Å². The van der Waals surface area contributed by atoms with Crippen molar-refractivity contribution in [2.24, 2.45) is 5.73 Å². The van der Waals surface area contributed by atoms with Crippen molar-refractivity contribution in [3.63, 3.8) is 0 Å². The molecule has 1 aromatic heterocycles. The number of pyridine rings is 1. The van der Waals surface area contributed by atoms with Gasteiger partial charge in [0.1, 0.15) is 5.82 Å². The Balaban J connectivity index is 1.89. The summed E-state index contributed by atoms with van der Waals surface area (Å²) in [6.45, 7) is 0. The topological polar surface area (TPSA) is 64.9 Å². The van der Waals surface area contributed by atoms with Gasteiger partial charge in [0.05, 0.1) is 0 Å². The Morgan fingerprint density at radius 2 is 1.93 bits per heavy atom. The first-order chi connectivity index (χ1) is 7.24. The number of hydrogen-bond donors (Lipinski definition) is 2. The standard InChI is InChI=1S/C11H17N3S/c12-8-1-3-9(4-2-8)15-10-5-6-11(13)14-7-10/h5-9H,1-4,12H2,(H2,13,14). The maximum atomic E-state index is 5.87. The third kappa shape index (κ3) is 3.11. The molecule has 1 heterocycles. The van der Waals surface area contributed by atoms with Crippen molar-refractivity contribution < 1.29 is 0 Å². The van der Waals surface area contributed by atoms with Gasteiger partial charge < -0.3 is 11.5 Å². The molecule has 0 radical (unpaired) electrons. The Kier molecular flexibility index (Phi) is 3.49. The number of nitrogens with two attached hydrogens (primary N) is 2. The van der Waals surface area contributed by atoms with E-state index in [9.17, 15) is 0 Å². The van der Waals surface area contributed by atoms with E-state index in [2.05, 4.69) is 4.98 Å². The van der Waals surface area contributed by atoms with Crippen LogP contribution < -0.4 is 11.5 Å². The molecule has 0 amide bonds. The van der Waals surface area contributed by atoms with Gasteiger partial charge >= 0.3 is 0 Å². The molecule has 1 aliphatic carbocycles. The maximum Gasteiger partial charge on any atom is 0.123 e. The molecule has 0 aliphatic heterocycles. The van der Waals surface area contributed by atoms with Gasteiger partial charge in [-0.15, -0.1) is 11.8 Å². The van der Waals surface area contributed by atoms with Gasteiger partial charge in [-0.3, -0.25) is 0 Å². The molecule has 0 saturated heterocycles. The van der Waals surface area contributed by atoms with E-state index in [-0.39, 0.29) is 0 Å². The molecule has 15 heavy (non-hydrogen) atoms. The fourth-order valence-electron chi connectivity index (χ4n) is 1.86. The molecular weight excluding hydrogens is 206 g/mol. The van der Waals surface area contributed by atoms with Gasteiger partial charge in [0.25, 0.3) is 0 Å². The minimum absolute atomic E-state index is 0.423. The molecular formula is C11H17N3S. The Bertz CT molecular complexity index is 304. The second-order valence-electron chi connectivity index (χ2n) is 4.07. The molecule has 2 rings (SSSR count). The molecule has 0 bridgehead atoms. The predicted molar refractivity (Wildman–Crippen MR) is 64.7 cm³/mol. The zero-order valence-electron chi connectivity index (χ0n) is 8.73. The number of anilines is 1. The van der Waals surface area contributed by atoms with E-state index in [1.54, 1.807) is 0 Å². The highest BCUT2D eigenvalue weighted by Gasteiger charge is 2.19. The van der Waals surface area contributed by atoms with E-state index >= 15 is 0 Å². The maximum absolute atomic E-state index is 5.87. The van der Waals surface area contributed by atoms with Crippen LogP contribution in [0.3, 0.4) is 0 Å². The van der Waals surface area contributed by atoms with Crippen LogP contribution in [0.2, 0.25) is 0 Å². The molecule has 3 nitrogen and oxygen atoms in total. The van der Waals surface area contributed by atoms with Crippen LogP contribution >= 0.6 is 11.8 Å². The molecule has 4 N–H and O–H groups in total. The summed E-state index contributed by atoms with van der Waals surface area (Å²) in [5, 5.41) is 0.704. The van der Waals surface area contributed by atoms with Gasteiger partial charge in [0, 0.05) is 22.4 Å². The smallest absolute Gasteiger partial charge is 0.123 e. The molecule has 0 unspecified atom stereocenters. The van der Waals surface area contributed by atoms with Crippen LogP contribution in [0.4, 0.5) is 5.82 Å². The number of nitrogens with zero attached hydrogens (tertiary/aromatic N) is 1. The highest BCUT2D eigenvalue weighted by atomic mass is 32.2.